The minimum absolute atomic E-state index is 0.107. The molecule has 0 aliphatic carbocycles. The van der Waals surface area contributed by atoms with Crippen molar-refractivity contribution in [2.45, 2.75) is 17.1 Å². The second kappa shape index (κ2) is 7.87. The van der Waals surface area contributed by atoms with Crippen LogP contribution in [0.15, 0.2) is 20.1 Å². The molecule has 0 spiro atoms. The highest BCUT2D eigenvalue weighted by molar-refractivity contribution is 9.11. The monoisotopic (exact) mass is 410 g/mol. The van der Waals surface area contributed by atoms with E-state index in [1.807, 2.05) is 0 Å². The van der Waals surface area contributed by atoms with Crippen LogP contribution in [-0.4, -0.2) is 52.0 Å². The van der Waals surface area contributed by atoms with Gasteiger partial charge in [-0.1, -0.05) is 0 Å². The average molecular weight is 411 g/mol. The molecule has 1 fully saturated rings. The standard InChI is InChI=1S/C13H19BrN2O4S2/c1-20-8-6-15-13(17)10-3-2-7-16(9-10)22(18,19)12-5-4-11(14)21-12/h4-5,10H,2-3,6-9H2,1H3,(H,15,17). The van der Waals surface area contributed by atoms with E-state index >= 15 is 0 Å². The first-order valence-electron chi connectivity index (χ1n) is 6.97. The van der Waals surface area contributed by atoms with Crippen molar-refractivity contribution in [1.29, 1.82) is 0 Å². The fourth-order valence-corrected chi connectivity index (χ4v) is 6.05. The third-order valence-corrected chi connectivity index (χ3v) is 7.46. The highest BCUT2D eigenvalue weighted by Crippen LogP contribution is 2.30. The molecule has 2 rings (SSSR count). The number of thiophene rings is 1. The van der Waals surface area contributed by atoms with Crippen LogP contribution in [0.25, 0.3) is 0 Å². The van der Waals surface area contributed by atoms with Gasteiger partial charge in [-0.25, -0.2) is 8.42 Å². The number of halogens is 1. The summed E-state index contributed by atoms with van der Waals surface area (Å²) in [5.41, 5.74) is 0. The minimum atomic E-state index is -3.52. The summed E-state index contributed by atoms with van der Waals surface area (Å²) in [6.45, 7) is 1.58. The number of ether oxygens (including phenoxy) is 1. The molecule has 1 atom stereocenters. The van der Waals surface area contributed by atoms with Crippen LogP contribution in [0.2, 0.25) is 0 Å². The number of amides is 1. The van der Waals surface area contributed by atoms with Crippen LogP contribution in [0.1, 0.15) is 12.8 Å². The van der Waals surface area contributed by atoms with E-state index in [1.165, 1.54) is 15.6 Å². The van der Waals surface area contributed by atoms with Crippen LogP contribution in [-0.2, 0) is 19.6 Å². The number of nitrogens with one attached hydrogen (secondary N) is 1. The first-order valence-corrected chi connectivity index (χ1v) is 10.0. The molecular weight excluding hydrogens is 392 g/mol. The summed E-state index contributed by atoms with van der Waals surface area (Å²) in [4.78, 5) is 12.1. The lowest BCUT2D eigenvalue weighted by Gasteiger charge is -2.30. The van der Waals surface area contributed by atoms with E-state index < -0.39 is 10.0 Å². The number of carbonyl (C=O) groups excluding carboxylic acids is 1. The van der Waals surface area contributed by atoms with E-state index in [0.717, 1.165) is 3.79 Å². The number of methoxy groups -OCH3 is 1. The van der Waals surface area contributed by atoms with Crippen molar-refractivity contribution in [1.82, 2.24) is 9.62 Å². The van der Waals surface area contributed by atoms with E-state index in [9.17, 15) is 13.2 Å². The zero-order valence-electron chi connectivity index (χ0n) is 12.2. The Morgan fingerprint density at radius 2 is 2.32 bits per heavy atom. The van der Waals surface area contributed by atoms with Crippen LogP contribution in [0.5, 0.6) is 0 Å². The highest BCUT2D eigenvalue weighted by atomic mass is 79.9. The Bertz CT molecular complexity index is 617. The number of nitrogens with zero attached hydrogens (tertiary/aromatic N) is 1. The number of carbonyl (C=O) groups is 1. The molecular formula is C13H19BrN2O4S2. The molecule has 0 bridgehead atoms. The lowest BCUT2D eigenvalue weighted by molar-refractivity contribution is -0.126. The molecule has 1 N–H and O–H groups in total. The van der Waals surface area contributed by atoms with Gasteiger partial charge in [0, 0.05) is 26.7 Å². The summed E-state index contributed by atoms with van der Waals surface area (Å²) in [5.74, 6) is -0.409. The van der Waals surface area contributed by atoms with Gasteiger partial charge >= 0.3 is 0 Å². The van der Waals surface area contributed by atoms with Gasteiger partial charge in [-0.15, -0.1) is 11.3 Å². The lowest BCUT2D eigenvalue weighted by atomic mass is 9.99. The van der Waals surface area contributed by atoms with Gasteiger partial charge in [-0.3, -0.25) is 4.79 Å². The van der Waals surface area contributed by atoms with Crippen molar-refractivity contribution >= 4 is 43.2 Å². The summed E-state index contributed by atoms with van der Waals surface area (Å²) in [6.07, 6.45) is 1.40. The van der Waals surface area contributed by atoms with Gasteiger partial charge in [0.25, 0.3) is 10.0 Å². The summed E-state index contributed by atoms with van der Waals surface area (Å²) >= 11 is 4.46. The van der Waals surface area contributed by atoms with Crippen molar-refractivity contribution < 1.29 is 17.9 Å². The summed E-state index contributed by atoms with van der Waals surface area (Å²) in [7, 11) is -1.95. The molecule has 1 aromatic rings. The number of sulfonamides is 1. The third kappa shape index (κ3) is 4.29. The molecule has 1 aliphatic rings. The first kappa shape index (κ1) is 17.9. The van der Waals surface area contributed by atoms with Crippen LogP contribution >= 0.6 is 27.3 Å². The summed E-state index contributed by atoms with van der Waals surface area (Å²) in [6, 6.07) is 3.31. The predicted octanol–water partition coefficient (Wildman–Crippen LogP) is 1.67. The van der Waals surface area contributed by atoms with Gasteiger partial charge in [0.1, 0.15) is 4.21 Å². The quantitative estimate of drug-likeness (QED) is 0.723. The van der Waals surface area contributed by atoms with E-state index in [0.29, 0.717) is 36.7 Å². The van der Waals surface area contributed by atoms with Crippen molar-refractivity contribution in [3.05, 3.63) is 15.9 Å². The van der Waals surface area contributed by atoms with Gasteiger partial charge in [-0.05, 0) is 40.9 Å². The van der Waals surface area contributed by atoms with Crippen molar-refractivity contribution in [2.24, 2.45) is 5.92 Å². The molecule has 22 heavy (non-hydrogen) atoms. The summed E-state index contributed by atoms with van der Waals surface area (Å²) in [5, 5.41) is 2.78. The molecule has 1 unspecified atom stereocenters. The molecule has 124 valence electrons. The van der Waals surface area contributed by atoms with E-state index in [-0.39, 0.29) is 18.4 Å². The maximum Gasteiger partial charge on any atom is 0.252 e. The molecule has 6 nitrogen and oxygen atoms in total. The Hall–Kier alpha value is -0.480. The Morgan fingerprint density at radius 1 is 1.55 bits per heavy atom. The third-order valence-electron chi connectivity index (χ3n) is 3.50. The second-order valence-electron chi connectivity index (χ2n) is 5.04. The number of hydrogen-bond donors (Lipinski definition) is 1. The predicted molar refractivity (Wildman–Crippen MR) is 88.4 cm³/mol. The topological polar surface area (TPSA) is 75.7 Å². The van der Waals surface area contributed by atoms with Crippen molar-refractivity contribution in [3.63, 3.8) is 0 Å². The molecule has 0 saturated carbocycles. The van der Waals surface area contributed by atoms with Crippen LogP contribution in [0, 0.1) is 5.92 Å². The average Bonchev–Trinajstić information content (AvgIpc) is 2.95. The molecule has 1 aromatic heterocycles. The van der Waals surface area contributed by atoms with Gasteiger partial charge in [0.2, 0.25) is 5.91 Å². The zero-order valence-corrected chi connectivity index (χ0v) is 15.5. The molecule has 1 saturated heterocycles. The largest absolute Gasteiger partial charge is 0.383 e. The first-order chi connectivity index (χ1) is 10.4. The zero-order chi connectivity index (χ0) is 16.2. The minimum Gasteiger partial charge on any atom is -0.383 e. The fourth-order valence-electron chi connectivity index (χ4n) is 2.36. The molecule has 2 heterocycles. The Balaban J connectivity index is 2.02. The number of hydrogen-bond acceptors (Lipinski definition) is 5. The normalized spacial score (nSPS) is 20.0. The van der Waals surface area contributed by atoms with E-state index in [4.69, 9.17) is 4.74 Å². The van der Waals surface area contributed by atoms with Gasteiger partial charge < -0.3 is 10.1 Å². The van der Waals surface area contributed by atoms with Crippen LogP contribution in [0.4, 0.5) is 0 Å². The van der Waals surface area contributed by atoms with Crippen LogP contribution < -0.4 is 5.32 Å². The molecule has 0 radical (unpaired) electrons. The highest BCUT2D eigenvalue weighted by Gasteiger charge is 2.33. The summed E-state index contributed by atoms with van der Waals surface area (Å²) < 4.78 is 32.6. The van der Waals surface area contributed by atoms with Gasteiger partial charge in [-0.2, -0.15) is 4.31 Å². The Labute approximate surface area is 143 Å². The molecule has 1 aliphatic heterocycles. The van der Waals surface area contributed by atoms with E-state index in [2.05, 4.69) is 21.2 Å². The molecule has 0 aromatic carbocycles. The maximum absolute atomic E-state index is 12.6. The smallest absolute Gasteiger partial charge is 0.252 e. The SMILES string of the molecule is COCCNC(=O)C1CCCN(S(=O)(=O)c2ccc(Br)s2)C1. The Kier molecular flexibility index (Phi) is 6.39. The van der Waals surface area contributed by atoms with Crippen molar-refractivity contribution in [3.8, 4) is 0 Å². The van der Waals surface area contributed by atoms with Gasteiger partial charge in [0.15, 0.2) is 0 Å². The number of piperidine rings is 1. The molecule has 9 heteroatoms. The van der Waals surface area contributed by atoms with Crippen molar-refractivity contribution in [2.75, 3.05) is 33.4 Å². The lowest BCUT2D eigenvalue weighted by Crippen LogP contribution is -2.45. The number of rotatable bonds is 6. The van der Waals surface area contributed by atoms with Crippen LogP contribution in [0.3, 0.4) is 0 Å². The second-order valence-corrected chi connectivity index (χ2v) is 9.67. The van der Waals surface area contributed by atoms with E-state index in [1.54, 1.807) is 19.2 Å². The fraction of sp³-hybridized carbons (Fsp3) is 0.615. The molecule has 1 amide bonds. The Morgan fingerprint density at radius 3 is 2.95 bits per heavy atom. The maximum atomic E-state index is 12.6. The van der Waals surface area contributed by atoms with Gasteiger partial charge in [0.05, 0.1) is 16.3 Å².